The molecule has 0 spiro atoms. The monoisotopic (exact) mass is 250 g/mol. The highest BCUT2D eigenvalue weighted by molar-refractivity contribution is 5.80. The summed E-state index contributed by atoms with van der Waals surface area (Å²) >= 11 is 0. The van der Waals surface area contributed by atoms with Gasteiger partial charge in [-0.25, -0.2) is 0 Å². The maximum Gasteiger partial charge on any atom is 0.142 e. The fourth-order valence-corrected chi connectivity index (χ4v) is 1.67. The van der Waals surface area contributed by atoms with Crippen molar-refractivity contribution in [3.63, 3.8) is 0 Å². The molecule has 3 N–H and O–H groups in total. The molecule has 1 unspecified atom stereocenters. The van der Waals surface area contributed by atoms with Crippen molar-refractivity contribution in [3.05, 3.63) is 29.8 Å². The Morgan fingerprint density at radius 3 is 2.39 bits per heavy atom. The molecule has 0 fully saturated rings. The average molecular weight is 250 g/mol. The minimum atomic E-state index is -0.0641. The number of ether oxygens (including phenoxy) is 1. The van der Waals surface area contributed by atoms with Gasteiger partial charge in [0.05, 0.1) is 0 Å². The highest BCUT2D eigenvalue weighted by Gasteiger charge is 2.11. The highest BCUT2D eigenvalue weighted by Crippen LogP contribution is 2.20. The van der Waals surface area contributed by atoms with Crippen LogP contribution in [0.2, 0.25) is 0 Å². The van der Waals surface area contributed by atoms with E-state index in [1.54, 1.807) is 0 Å². The van der Waals surface area contributed by atoms with E-state index >= 15 is 0 Å². The zero-order valence-electron chi connectivity index (χ0n) is 11.3. The van der Waals surface area contributed by atoms with E-state index in [2.05, 4.69) is 31.1 Å². The summed E-state index contributed by atoms with van der Waals surface area (Å²) in [5.74, 6) is 1.52. The Morgan fingerprint density at radius 2 is 1.94 bits per heavy atom. The molecule has 100 valence electrons. The van der Waals surface area contributed by atoms with E-state index < -0.39 is 0 Å². The van der Waals surface area contributed by atoms with Crippen molar-refractivity contribution in [3.8, 4) is 5.75 Å². The number of hydrogen-bond donors (Lipinski definition) is 2. The van der Waals surface area contributed by atoms with Gasteiger partial charge in [0.1, 0.15) is 17.7 Å². The Morgan fingerprint density at radius 1 is 1.33 bits per heavy atom. The third kappa shape index (κ3) is 4.28. The zero-order chi connectivity index (χ0) is 13.5. The maximum atomic E-state index is 8.55. The van der Waals surface area contributed by atoms with Crippen LogP contribution in [-0.2, 0) is 0 Å². The Balaban J connectivity index is 2.64. The van der Waals surface area contributed by atoms with Gasteiger partial charge >= 0.3 is 0 Å². The Kier molecular flexibility index (Phi) is 5.49. The molecule has 0 radical (unpaired) electrons. The first-order valence-electron chi connectivity index (χ1n) is 6.29. The highest BCUT2D eigenvalue weighted by atomic mass is 16.5. The predicted molar refractivity (Wildman–Crippen MR) is 73.3 cm³/mol. The molecule has 1 aromatic carbocycles. The molecule has 0 amide bonds. The van der Waals surface area contributed by atoms with Crippen LogP contribution in [0.1, 0.15) is 45.1 Å². The molecular weight excluding hydrogens is 228 g/mol. The van der Waals surface area contributed by atoms with Crippen LogP contribution in [0.3, 0.4) is 0 Å². The van der Waals surface area contributed by atoms with Gasteiger partial charge in [-0.2, -0.15) is 0 Å². The van der Waals surface area contributed by atoms with Gasteiger partial charge in [-0.1, -0.05) is 38.1 Å². The van der Waals surface area contributed by atoms with E-state index in [0.717, 1.165) is 12.2 Å². The molecule has 0 aliphatic rings. The minimum absolute atomic E-state index is 0.0641. The molecule has 0 bridgehead atoms. The van der Waals surface area contributed by atoms with Crippen LogP contribution in [0.25, 0.3) is 0 Å². The second-order valence-electron chi connectivity index (χ2n) is 4.67. The Labute approximate surface area is 108 Å². The SMILES string of the molecule is CCC(C/C(N)=N/O)Oc1ccc(C(C)C)cc1. The van der Waals surface area contributed by atoms with Crippen LogP contribution in [0.4, 0.5) is 0 Å². The van der Waals surface area contributed by atoms with Crippen molar-refractivity contribution in [2.45, 2.75) is 45.6 Å². The zero-order valence-corrected chi connectivity index (χ0v) is 11.3. The first-order chi connectivity index (χ1) is 8.56. The van der Waals surface area contributed by atoms with Gasteiger partial charge in [-0.3, -0.25) is 0 Å². The van der Waals surface area contributed by atoms with E-state index in [0.29, 0.717) is 12.3 Å². The summed E-state index contributed by atoms with van der Waals surface area (Å²) in [6, 6.07) is 8.06. The average Bonchev–Trinajstić information content (AvgIpc) is 2.38. The molecule has 0 saturated carbocycles. The minimum Gasteiger partial charge on any atom is -0.490 e. The summed E-state index contributed by atoms with van der Waals surface area (Å²) < 4.78 is 5.80. The summed E-state index contributed by atoms with van der Waals surface area (Å²) in [7, 11) is 0. The molecule has 18 heavy (non-hydrogen) atoms. The summed E-state index contributed by atoms with van der Waals surface area (Å²) in [6.45, 7) is 6.32. The smallest absolute Gasteiger partial charge is 0.142 e. The van der Waals surface area contributed by atoms with E-state index in [1.165, 1.54) is 5.56 Å². The quantitative estimate of drug-likeness (QED) is 0.353. The molecule has 0 aliphatic carbocycles. The fourth-order valence-electron chi connectivity index (χ4n) is 1.67. The summed E-state index contributed by atoms with van der Waals surface area (Å²) in [4.78, 5) is 0. The lowest BCUT2D eigenvalue weighted by molar-refractivity contribution is 0.202. The van der Waals surface area contributed by atoms with Crippen molar-refractivity contribution in [1.82, 2.24) is 0 Å². The van der Waals surface area contributed by atoms with Crippen LogP contribution in [-0.4, -0.2) is 17.1 Å². The molecular formula is C14H22N2O2. The Bertz CT molecular complexity index is 385. The summed E-state index contributed by atoms with van der Waals surface area (Å²) in [5.41, 5.74) is 6.77. The van der Waals surface area contributed by atoms with E-state index in [1.807, 2.05) is 19.1 Å². The van der Waals surface area contributed by atoms with Crippen LogP contribution in [0.5, 0.6) is 5.75 Å². The van der Waals surface area contributed by atoms with Crippen LogP contribution < -0.4 is 10.5 Å². The van der Waals surface area contributed by atoms with Gasteiger partial charge in [0.15, 0.2) is 0 Å². The molecule has 1 aromatic rings. The molecule has 0 aliphatic heterocycles. The lowest BCUT2D eigenvalue weighted by Gasteiger charge is -2.17. The lowest BCUT2D eigenvalue weighted by atomic mass is 10.0. The number of oxime groups is 1. The van der Waals surface area contributed by atoms with Crippen molar-refractivity contribution in [2.24, 2.45) is 10.9 Å². The van der Waals surface area contributed by atoms with Gasteiger partial charge in [-0.15, -0.1) is 0 Å². The first kappa shape index (κ1) is 14.4. The van der Waals surface area contributed by atoms with Crippen molar-refractivity contribution >= 4 is 5.84 Å². The third-order valence-corrected chi connectivity index (χ3v) is 2.87. The summed E-state index contributed by atoms with van der Waals surface area (Å²) in [5, 5.41) is 11.5. The largest absolute Gasteiger partial charge is 0.490 e. The molecule has 1 rings (SSSR count). The molecule has 0 heterocycles. The third-order valence-electron chi connectivity index (χ3n) is 2.87. The number of benzene rings is 1. The van der Waals surface area contributed by atoms with Crippen molar-refractivity contribution in [1.29, 1.82) is 0 Å². The van der Waals surface area contributed by atoms with Gasteiger partial charge < -0.3 is 15.7 Å². The standard InChI is InChI=1S/C14H22N2O2/c1-4-12(9-14(15)16-17)18-13-7-5-11(6-8-13)10(2)3/h5-8,10,12,17H,4,9H2,1-3H3,(H2,15,16). The molecule has 4 nitrogen and oxygen atoms in total. The van der Waals surface area contributed by atoms with Gasteiger partial charge in [0, 0.05) is 6.42 Å². The number of nitrogens with two attached hydrogens (primary N) is 1. The molecule has 0 saturated heterocycles. The number of hydrogen-bond acceptors (Lipinski definition) is 3. The molecule has 0 aromatic heterocycles. The van der Waals surface area contributed by atoms with E-state index in [-0.39, 0.29) is 11.9 Å². The van der Waals surface area contributed by atoms with E-state index in [4.69, 9.17) is 15.7 Å². The number of rotatable bonds is 6. The second-order valence-corrected chi connectivity index (χ2v) is 4.67. The van der Waals surface area contributed by atoms with Crippen molar-refractivity contribution in [2.75, 3.05) is 0 Å². The lowest BCUT2D eigenvalue weighted by Crippen LogP contribution is -2.24. The van der Waals surface area contributed by atoms with Crippen molar-refractivity contribution < 1.29 is 9.94 Å². The number of nitrogens with zero attached hydrogens (tertiary/aromatic N) is 1. The van der Waals surface area contributed by atoms with Crippen LogP contribution in [0.15, 0.2) is 29.4 Å². The summed E-state index contributed by atoms with van der Waals surface area (Å²) in [6.07, 6.45) is 1.17. The van der Waals surface area contributed by atoms with Gasteiger partial charge in [-0.05, 0) is 30.0 Å². The van der Waals surface area contributed by atoms with Gasteiger partial charge in [0.25, 0.3) is 0 Å². The van der Waals surface area contributed by atoms with Gasteiger partial charge in [0.2, 0.25) is 0 Å². The topological polar surface area (TPSA) is 67.8 Å². The fraction of sp³-hybridized carbons (Fsp3) is 0.500. The van der Waals surface area contributed by atoms with Crippen LogP contribution in [0, 0.1) is 0 Å². The van der Waals surface area contributed by atoms with E-state index in [9.17, 15) is 0 Å². The van der Waals surface area contributed by atoms with Crippen LogP contribution >= 0.6 is 0 Å². The second kappa shape index (κ2) is 6.89. The molecule has 4 heteroatoms. The maximum absolute atomic E-state index is 8.55. The number of amidine groups is 1. The predicted octanol–water partition coefficient (Wildman–Crippen LogP) is 3.10. The first-order valence-corrected chi connectivity index (χ1v) is 6.29. The Hall–Kier alpha value is -1.71. The normalized spacial score (nSPS) is 13.7. The molecule has 1 atom stereocenters.